The van der Waals surface area contributed by atoms with E-state index in [-0.39, 0.29) is 17.4 Å². The Bertz CT molecular complexity index is 569. The van der Waals surface area contributed by atoms with Crippen LogP contribution in [0.5, 0.6) is 0 Å². The lowest BCUT2D eigenvalue weighted by molar-refractivity contribution is -0.140. The second kappa shape index (κ2) is 41.2. The molecular formula is C40H79AlO4. The van der Waals surface area contributed by atoms with Gasteiger partial charge in [0.25, 0.3) is 0 Å². The molecule has 0 rings (SSSR count). The van der Waals surface area contributed by atoms with E-state index < -0.39 is 11.9 Å². The molecule has 0 N–H and O–H groups in total. The number of hydrogen-bond acceptors (Lipinski definition) is 4. The average molecular weight is 651 g/mol. The van der Waals surface area contributed by atoms with Gasteiger partial charge in [0.15, 0.2) is 17.4 Å². The van der Waals surface area contributed by atoms with Gasteiger partial charge in [-0.1, -0.05) is 206 Å². The van der Waals surface area contributed by atoms with Crippen molar-refractivity contribution in [3.63, 3.8) is 0 Å². The third-order valence-corrected chi connectivity index (χ3v) is 8.84. The first-order valence-corrected chi connectivity index (χ1v) is 19.7. The predicted molar refractivity (Wildman–Crippen MR) is 200 cm³/mol. The minimum absolute atomic E-state index is 0. The van der Waals surface area contributed by atoms with Gasteiger partial charge in [-0.3, -0.25) is 0 Å². The van der Waals surface area contributed by atoms with E-state index in [1.807, 2.05) is 0 Å². The molecule has 0 atom stereocenters. The fourth-order valence-electron chi connectivity index (χ4n) is 5.88. The lowest BCUT2D eigenvalue weighted by Gasteiger charge is -2.04. The van der Waals surface area contributed by atoms with Gasteiger partial charge in [0.1, 0.15) is 0 Å². The number of carbonyl (C=O) groups is 2. The zero-order valence-corrected chi connectivity index (χ0v) is 29.8. The molecule has 0 unspecified atom stereocenters. The molecule has 5 heteroatoms. The largest absolute Gasteiger partial charge is 0.463 e. The highest BCUT2D eigenvalue weighted by molar-refractivity contribution is 5.91. The Kier molecular flexibility index (Phi) is 42.5. The topological polar surface area (TPSA) is 52.6 Å². The molecule has 0 aliphatic heterocycles. The van der Waals surface area contributed by atoms with Gasteiger partial charge in [-0.2, -0.15) is 0 Å². The van der Waals surface area contributed by atoms with E-state index in [1.54, 1.807) is 0 Å². The first-order chi connectivity index (χ1) is 21.7. The van der Waals surface area contributed by atoms with Crippen LogP contribution >= 0.6 is 0 Å². The Balaban J connectivity index is 0. The molecule has 0 saturated heterocycles. The molecular weight excluding hydrogens is 571 g/mol. The maximum atomic E-state index is 11.8. The Morgan fingerprint density at radius 2 is 0.511 bits per heavy atom. The van der Waals surface area contributed by atoms with E-state index in [0.29, 0.717) is 13.2 Å². The Morgan fingerprint density at radius 1 is 0.333 bits per heavy atom. The van der Waals surface area contributed by atoms with Crippen LogP contribution in [0.1, 0.15) is 219 Å². The maximum Gasteiger partial charge on any atom is 0.331 e. The number of esters is 2. The number of ether oxygens (including phenoxy) is 2. The number of hydrogen-bond donors (Lipinski definition) is 0. The van der Waals surface area contributed by atoms with Crippen molar-refractivity contribution in [2.24, 2.45) is 0 Å². The van der Waals surface area contributed by atoms with Gasteiger partial charge >= 0.3 is 11.9 Å². The first kappa shape index (κ1) is 46.3. The van der Waals surface area contributed by atoms with Crippen molar-refractivity contribution in [2.75, 3.05) is 13.2 Å². The molecule has 0 aromatic carbocycles. The predicted octanol–water partition coefficient (Wildman–Crippen LogP) is 12.0. The number of rotatable bonds is 36. The Labute approximate surface area is 292 Å². The molecule has 0 aliphatic carbocycles. The molecule has 0 spiro atoms. The molecule has 0 bridgehead atoms. The standard InChI is InChI=1S/C40H76O4.Al.3H/c1-3-5-7-9-11-13-15-17-19-21-23-25-27-29-31-33-37-43-39(41)35-36-40(42)44-38-34-32-30-28-26-24-22-20-18-16-14-12-10-8-6-4-2;;;;/h35-36H,3-34,37-38H2,1-2H3;;;;/b36-35+;;;;. The van der Waals surface area contributed by atoms with Crippen LogP contribution in [0.15, 0.2) is 12.2 Å². The van der Waals surface area contributed by atoms with E-state index in [2.05, 4.69) is 13.8 Å². The van der Waals surface area contributed by atoms with Crippen LogP contribution in [0.4, 0.5) is 0 Å². The highest BCUT2D eigenvalue weighted by atomic mass is 27.0. The lowest BCUT2D eigenvalue weighted by Crippen LogP contribution is -2.06. The van der Waals surface area contributed by atoms with E-state index in [4.69, 9.17) is 9.47 Å². The van der Waals surface area contributed by atoms with Gasteiger partial charge in [-0.15, -0.1) is 0 Å². The number of carbonyl (C=O) groups excluding carboxylic acids is 2. The molecule has 0 fully saturated rings. The van der Waals surface area contributed by atoms with Gasteiger partial charge in [0.05, 0.1) is 13.2 Å². The normalized spacial score (nSPS) is 11.2. The van der Waals surface area contributed by atoms with E-state index in [9.17, 15) is 9.59 Å². The maximum absolute atomic E-state index is 11.8. The molecule has 266 valence electrons. The molecule has 0 amide bonds. The zero-order chi connectivity index (χ0) is 32.0. The van der Waals surface area contributed by atoms with Crippen molar-refractivity contribution in [1.29, 1.82) is 0 Å². The Hall–Kier alpha value is -0.788. The van der Waals surface area contributed by atoms with E-state index in [0.717, 1.165) is 25.7 Å². The molecule has 0 aliphatic rings. The minimum Gasteiger partial charge on any atom is -0.463 e. The highest BCUT2D eigenvalue weighted by Crippen LogP contribution is 2.15. The van der Waals surface area contributed by atoms with E-state index in [1.165, 1.54) is 192 Å². The molecule has 0 saturated carbocycles. The van der Waals surface area contributed by atoms with Crippen LogP contribution in [0.2, 0.25) is 0 Å². The van der Waals surface area contributed by atoms with Gasteiger partial charge < -0.3 is 9.47 Å². The SMILES string of the molecule is CCCCCCCCCCCCCCCCCCOC(=O)/C=C/C(=O)OCCCCCCCCCCCCCCCCCC.[AlH3]. The highest BCUT2D eigenvalue weighted by Gasteiger charge is 2.02. The summed E-state index contributed by atoms with van der Waals surface area (Å²) in [6, 6.07) is 0. The Morgan fingerprint density at radius 3 is 0.711 bits per heavy atom. The smallest absolute Gasteiger partial charge is 0.331 e. The van der Waals surface area contributed by atoms with Crippen molar-refractivity contribution in [3.05, 3.63) is 12.2 Å². The van der Waals surface area contributed by atoms with Crippen molar-refractivity contribution < 1.29 is 19.1 Å². The summed E-state index contributed by atoms with van der Waals surface area (Å²) >= 11 is 0. The van der Waals surface area contributed by atoms with Crippen LogP contribution in [0, 0.1) is 0 Å². The minimum atomic E-state index is -0.453. The fourth-order valence-corrected chi connectivity index (χ4v) is 5.88. The van der Waals surface area contributed by atoms with Crippen LogP contribution in [0.3, 0.4) is 0 Å². The van der Waals surface area contributed by atoms with Gasteiger partial charge in [-0.25, -0.2) is 9.59 Å². The van der Waals surface area contributed by atoms with Gasteiger partial charge in [-0.05, 0) is 12.8 Å². The summed E-state index contributed by atoms with van der Waals surface area (Å²) in [5.74, 6) is -0.907. The fraction of sp³-hybridized carbons (Fsp3) is 0.900. The third-order valence-electron chi connectivity index (χ3n) is 8.84. The third kappa shape index (κ3) is 41.2. The summed E-state index contributed by atoms with van der Waals surface area (Å²) in [4.78, 5) is 23.6. The lowest BCUT2D eigenvalue weighted by atomic mass is 10.0. The first-order valence-electron chi connectivity index (χ1n) is 19.7. The van der Waals surface area contributed by atoms with Gasteiger partial charge in [0, 0.05) is 12.2 Å². The molecule has 45 heavy (non-hydrogen) atoms. The quantitative estimate of drug-likeness (QED) is 0.0293. The number of unbranched alkanes of at least 4 members (excludes halogenated alkanes) is 30. The molecule has 0 heterocycles. The van der Waals surface area contributed by atoms with Crippen LogP contribution < -0.4 is 0 Å². The van der Waals surface area contributed by atoms with Crippen molar-refractivity contribution in [2.45, 2.75) is 219 Å². The van der Waals surface area contributed by atoms with Gasteiger partial charge in [0.2, 0.25) is 0 Å². The molecule has 0 radical (unpaired) electrons. The average Bonchev–Trinajstić information content (AvgIpc) is 3.03. The summed E-state index contributed by atoms with van der Waals surface area (Å²) in [5.41, 5.74) is 0. The second-order valence-corrected chi connectivity index (χ2v) is 13.3. The van der Waals surface area contributed by atoms with Crippen LogP contribution in [-0.2, 0) is 19.1 Å². The molecule has 0 aromatic heterocycles. The molecule has 4 nitrogen and oxygen atoms in total. The second-order valence-electron chi connectivity index (χ2n) is 13.3. The summed E-state index contributed by atoms with van der Waals surface area (Å²) in [6.45, 7) is 5.41. The summed E-state index contributed by atoms with van der Waals surface area (Å²) < 4.78 is 10.4. The molecule has 0 aromatic rings. The van der Waals surface area contributed by atoms with Crippen molar-refractivity contribution >= 4 is 29.3 Å². The summed E-state index contributed by atoms with van der Waals surface area (Å²) in [7, 11) is 0. The van der Waals surface area contributed by atoms with Crippen LogP contribution in [0.25, 0.3) is 0 Å². The monoisotopic (exact) mass is 651 g/mol. The zero-order valence-electron chi connectivity index (χ0n) is 29.8. The van der Waals surface area contributed by atoms with E-state index >= 15 is 0 Å². The summed E-state index contributed by atoms with van der Waals surface area (Å²) in [5, 5.41) is 0. The van der Waals surface area contributed by atoms with Crippen LogP contribution in [-0.4, -0.2) is 42.5 Å². The van der Waals surface area contributed by atoms with Crippen molar-refractivity contribution in [3.8, 4) is 0 Å². The van der Waals surface area contributed by atoms with Crippen molar-refractivity contribution in [1.82, 2.24) is 0 Å². The summed E-state index contributed by atoms with van der Waals surface area (Å²) in [6.07, 6.45) is 44.7.